The van der Waals surface area contributed by atoms with Crippen molar-refractivity contribution in [1.82, 2.24) is 0 Å². The van der Waals surface area contributed by atoms with Crippen LogP contribution in [0.2, 0.25) is 0 Å². The number of hydrogen-bond acceptors (Lipinski definition) is 0. The molecule has 2 saturated carbocycles. The van der Waals surface area contributed by atoms with Gasteiger partial charge >= 0.3 is 0 Å². The van der Waals surface area contributed by atoms with Gasteiger partial charge in [0.15, 0.2) is 17.5 Å². The number of rotatable bonds is 3. The molecule has 0 radical (unpaired) electrons. The van der Waals surface area contributed by atoms with Gasteiger partial charge in [-0.05, 0) is 85.6 Å². The first-order chi connectivity index (χ1) is 14.9. The van der Waals surface area contributed by atoms with Crippen molar-refractivity contribution in [2.24, 2.45) is 17.8 Å². The first kappa shape index (κ1) is 21.9. The van der Waals surface area contributed by atoms with Gasteiger partial charge in [-0.1, -0.05) is 44.1 Å². The molecule has 0 saturated heterocycles. The van der Waals surface area contributed by atoms with E-state index in [9.17, 15) is 17.6 Å². The third-order valence-electron chi connectivity index (χ3n) is 7.21. The second-order valence-electron chi connectivity index (χ2n) is 9.24. The normalized spacial score (nSPS) is 25.5. The fourth-order valence-electron chi connectivity index (χ4n) is 5.61. The molecule has 164 valence electrons. The van der Waals surface area contributed by atoms with Crippen molar-refractivity contribution in [3.63, 3.8) is 0 Å². The van der Waals surface area contributed by atoms with Crippen LogP contribution in [0.25, 0.3) is 0 Å². The summed E-state index contributed by atoms with van der Waals surface area (Å²) in [6, 6.07) is 6.74. The van der Waals surface area contributed by atoms with Crippen LogP contribution in [0.5, 0.6) is 0 Å². The Morgan fingerprint density at radius 3 is 2.23 bits per heavy atom. The molecule has 0 N–H and O–H groups in total. The van der Waals surface area contributed by atoms with E-state index in [1.54, 1.807) is 12.1 Å². The molecule has 31 heavy (non-hydrogen) atoms. The predicted octanol–water partition coefficient (Wildman–Crippen LogP) is 7.74. The van der Waals surface area contributed by atoms with Crippen LogP contribution in [0.1, 0.15) is 80.9 Å². The van der Waals surface area contributed by atoms with Gasteiger partial charge in [-0.2, -0.15) is 0 Å². The lowest BCUT2D eigenvalue weighted by atomic mass is 9.63. The Kier molecular flexibility index (Phi) is 6.70. The first-order valence-electron chi connectivity index (χ1n) is 11.4. The number of hydrogen-bond donors (Lipinski definition) is 0. The van der Waals surface area contributed by atoms with Crippen LogP contribution in [-0.2, 0) is 0 Å². The van der Waals surface area contributed by atoms with Gasteiger partial charge in [0.2, 0.25) is 0 Å². The van der Waals surface area contributed by atoms with Crippen LogP contribution in [-0.4, -0.2) is 0 Å². The molecule has 2 aliphatic carbocycles. The highest BCUT2D eigenvalue weighted by Gasteiger charge is 2.35. The van der Waals surface area contributed by atoms with E-state index in [1.807, 2.05) is 6.07 Å². The molecule has 4 heteroatoms. The Morgan fingerprint density at radius 1 is 0.806 bits per heavy atom. The number of fused-ring (bicyclic) bond motifs is 1. The SMILES string of the molecule is CCCC1CCC2CC(c3ccc(C#Cc4cc(F)c(F)c(F)c4)c(F)c3)CCC2C1. The van der Waals surface area contributed by atoms with Gasteiger partial charge in [-0.3, -0.25) is 0 Å². The van der Waals surface area contributed by atoms with E-state index in [-0.39, 0.29) is 11.1 Å². The van der Waals surface area contributed by atoms with Gasteiger partial charge in [0.25, 0.3) is 0 Å². The van der Waals surface area contributed by atoms with E-state index in [4.69, 9.17) is 0 Å². The number of benzene rings is 2. The van der Waals surface area contributed by atoms with Crippen molar-refractivity contribution in [1.29, 1.82) is 0 Å². The molecule has 0 heterocycles. The molecule has 4 unspecified atom stereocenters. The Balaban J connectivity index is 1.44. The second kappa shape index (κ2) is 9.47. The molecular weight excluding hydrogens is 400 g/mol. The maximum absolute atomic E-state index is 14.7. The summed E-state index contributed by atoms with van der Waals surface area (Å²) < 4.78 is 54.4. The zero-order valence-corrected chi connectivity index (χ0v) is 17.9. The van der Waals surface area contributed by atoms with Crippen LogP contribution in [0, 0.1) is 52.9 Å². The van der Waals surface area contributed by atoms with Crippen molar-refractivity contribution in [3.05, 3.63) is 70.3 Å². The summed E-state index contributed by atoms with van der Waals surface area (Å²) in [4.78, 5) is 0. The van der Waals surface area contributed by atoms with E-state index in [0.717, 1.165) is 48.3 Å². The summed E-state index contributed by atoms with van der Waals surface area (Å²) in [6.45, 7) is 2.27. The maximum atomic E-state index is 14.7. The van der Waals surface area contributed by atoms with Gasteiger partial charge in [-0.25, -0.2) is 17.6 Å². The lowest BCUT2D eigenvalue weighted by Crippen LogP contribution is -2.30. The van der Waals surface area contributed by atoms with Crippen LogP contribution in [0.4, 0.5) is 17.6 Å². The van der Waals surface area contributed by atoms with Crippen molar-refractivity contribution >= 4 is 0 Å². The molecule has 2 aromatic rings. The van der Waals surface area contributed by atoms with Crippen LogP contribution in [0.3, 0.4) is 0 Å². The van der Waals surface area contributed by atoms with Crippen LogP contribution >= 0.6 is 0 Å². The fraction of sp³-hybridized carbons (Fsp3) is 0.481. The lowest BCUT2D eigenvalue weighted by Gasteiger charge is -2.42. The third kappa shape index (κ3) is 4.97. The Morgan fingerprint density at radius 2 is 1.52 bits per heavy atom. The Hall–Kier alpha value is -2.28. The van der Waals surface area contributed by atoms with E-state index < -0.39 is 23.3 Å². The molecule has 0 aromatic heterocycles. The van der Waals surface area contributed by atoms with Crippen molar-refractivity contribution in [2.45, 2.75) is 64.2 Å². The zero-order chi connectivity index (χ0) is 22.0. The smallest absolute Gasteiger partial charge is 0.194 e. The highest BCUT2D eigenvalue weighted by atomic mass is 19.2. The standard InChI is InChI=1S/C27H28F4/c1-2-3-17-4-7-21-15-22(11-10-20(21)12-17)23-9-8-19(24(28)16-23)6-5-18-13-25(29)27(31)26(30)14-18/h8-9,13-14,16-17,20-22H,2-4,7,10-12,15H2,1H3. The van der Waals surface area contributed by atoms with E-state index >= 15 is 0 Å². The minimum Gasteiger partial charge on any atom is -0.206 e. The Labute approximate surface area is 182 Å². The van der Waals surface area contributed by atoms with E-state index in [1.165, 1.54) is 38.5 Å². The molecule has 2 aromatic carbocycles. The van der Waals surface area contributed by atoms with Gasteiger partial charge in [0, 0.05) is 5.56 Å². The summed E-state index contributed by atoms with van der Waals surface area (Å²) in [6.07, 6.45) is 10.0. The number of halogens is 4. The monoisotopic (exact) mass is 428 g/mol. The van der Waals surface area contributed by atoms with E-state index in [2.05, 4.69) is 18.8 Å². The largest absolute Gasteiger partial charge is 0.206 e. The quantitative estimate of drug-likeness (QED) is 0.266. The molecule has 0 amide bonds. The fourth-order valence-corrected chi connectivity index (χ4v) is 5.61. The molecule has 2 fully saturated rings. The summed E-state index contributed by atoms with van der Waals surface area (Å²) in [5, 5.41) is 0. The first-order valence-corrected chi connectivity index (χ1v) is 11.4. The molecule has 4 atom stereocenters. The van der Waals surface area contributed by atoms with Gasteiger partial charge in [0.1, 0.15) is 5.82 Å². The minimum atomic E-state index is -1.53. The van der Waals surface area contributed by atoms with Crippen molar-refractivity contribution in [2.75, 3.05) is 0 Å². The van der Waals surface area contributed by atoms with Gasteiger partial charge in [0.05, 0.1) is 5.56 Å². The molecule has 0 spiro atoms. The lowest BCUT2D eigenvalue weighted by molar-refractivity contribution is 0.114. The highest BCUT2D eigenvalue weighted by molar-refractivity contribution is 5.45. The van der Waals surface area contributed by atoms with E-state index in [0.29, 0.717) is 5.92 Å². The topological polar surface area (TPSA) is 0 Å². The molecule has 0 aliphatic heterocycles. The molecular formula is C27H28F4. The summed E-state index contributed by atoms with van der Waals surface area (Å²) >= 11 is 0. The maximum Gasteiger partial charge on any atom is 0.194 e. The van der Waals surface area contributed by atoms with Gasteiger partial charge in [-0.15, -0.1) is 0 Å². The van der Waals surface area contributed by atoms with Crippen LogP contribution < -0.4 is 0 Å². The van der Waals surface area contributed by atoms with Crippen molar-refractivity contribution < 1.29 is 17.6 Å². The Bertz CT molecular complexity index is 977. The molecule has 0 bridgehead atoms. The molecule has 2 aliphatic rings. The highest BCUT2D eigenvalue weighted by Crippen LogP contribution is 2.48. The second-order valence-corrected chi connectivity index (χ2v) is 9.24. The van der Waals surface area contributed by atoms with Gasteiger partial charge < -0.3 is 0 Å². The third-order valence-corrected chi connectivity index (χ3v) is 7.21. The molecule has 0 nitrogen and oxygen atoms in total. The summed E-state index contributed by atoms with van der Waals surface area (Å²) in [5.41, 5.74) is 1.15. The summed E-state index contributed by atoms with van der Waals surface area (Å²) in [5.74, 6) is 3.41. The predicted molar refractivity (Wildman–Crippen MR) is 115 cm³/mol. The minimum absolute atomic E-state index is 0.0307. The van der Waals surface area contributed by atoms with Crippen LogP contribution in [0.15, 0.2) is 30.3 Å². The average Bonchev–Trinajstić information content (AvgIpc) is 2.76. The molecule has 4 rings (SSSR count). The van der Waals surface area contributed by atoms with Crippen molar-refractivity contribution in [3.8, 4) is 11.8 Å². The average molecular weight is 429 g/mol. The zero-order valence-electron chi connectivity index (χ0n) is 17.9. The summed E-state index contributed by atoms with van der Waals surface area (Å²) in [7, 11) is 0.